The summed E-state index contributed by atoms with van der Waals surface area (Å²) in [5.74, 6) is 0. The lowest BCUT2D eigenvalue weighted by molar-refractivity contribution is 0.876. The van der Waals surface area contributed by atoms with E-state index in [0.29, 0.717) is 0 Å². The molecule has 68 valence electrons. The Kier molecular flexibility index (Phi) is 2.67. The van der Waals surface area contributed by atoms with Gasteiger partial charge in [0.05, 0.1) is 0 Å². The van der Waals surface area contributed by atoms with Crippen molar-refractivity contribution >= 4 is 11.4 Å². The molecule has 2 rings (SSSR count). The minimum Gasteiger partial charge on any atom is -0.306 e. The standard InChI is InChI=1S/C10H13N3/c1-3-9(12-5-1)7-11-8-10-4-2-6-13-10/h1-2,5-6,11H,3-4,7-8H2. The third kappa shape index (κ3) is 2.36. The second-order valence-electron chi connectivity index (χ2n) is 3.17. The molecule has 0 saturated carbocycles. The van der Waals surface area contributed by atoms with Crippen LogP contribution in [-0.4, -0.2) is 24.5 Å². The van der Waals surface area contributed by atoms with Crippen LogP contribution in [0.3, 0.4) is 0 Å². The van der Waals surface area contributed by atoms with E-state index in [4.69, 9.17) is 0 Å². The number of nitrogens with one attached hydrogen (secondary N) is 1. The molecule has 0 aliphatic carbocycles. The van der Waals surface area contributed by atoms with E-state index in [9.17, 15) is 0 Å². The first-order valence-corrected chi connectivity index (χ1v) is 4.57. The van der Waals surface area contributed by atoms with Crippen molar-refractivity contribution in [3.05, 3.63) is 24.6 Å². The molecule has 0 bridgehead atoms. The van der Waals surface area contributed by atoms with Crippen LogP contribution >= 0.6 is 0 Å². The van der Waals surface area contributed by atoms with E-state index < -0.39 is 0 Å². The van der Waals surface area contributed by atoms with E-state index in [1.165, 1.54) is 11.4 Å². The molecular formula is C10H13N3. The summed E-state index contributed by atoms with van der Waals surface area (Å²) in [7, 11) is 0. The third-order valence-electron chi connectivity index (χ3n) is 2.09. The van der Waals surface area contributed by atoms with Crippen LogP contribution in [-0.2, 0) is 0 Å². The summed E-state index contributed by atoms with van der Waals surface area (Å²) in [5.41, 5.74) is 2.43. The maximum absolute atomic E-state index is 4.22. The summed E-state index contributed by atoms with van der Waals surface area (Å²) >= 11 is 0. The van der Waals surface area contributed by atoms with Crippen LogP contribution in [0.15, 0.2) is 34.5 Å². The summed E-state index contributed by atoms with van der Waals surface area (Å²) in [6.07, 6.45) is 9.88. The van der Waals surface area contributed by atoms with Gasteiger partial charge in [0, 0.05) is 49.8 Å². The molecule has 0 spiro atoms. The van der Waals surface area contributed by atoms with Crippen LogP contribution in [0.25, 0.3) is 0 Å². The average Bonchev–Trinajstić information content (AvgIpc) is 2.75. The fraction of sp³-hybridized carbons (Fsp3) is 0.400. The minimum absolute atomic E-state index is 0.881. The summed E-state index contributed by atoms with van der Waals surface area (Å²) in [6, 6.07) is 0. The van der Waals surface area contributed by atoms with Crippen molar-refractivity contribution in [3.8, 4) is 0 Å². The Morgan fingerprint density at radius 3 is 1.92 bits per heavy atom. The molecule has 0 aromatic heterocycles. The highest BCUT2D eigenvalue weighted by Gasteiger charge is 2.03. The van der Waals surface area contributed by atoms with Crippen molar-refractivity contribution in [1.29, 1.82) is 0 Å². The van der Waals surface area contributed by atoms with Gasteiger partial charge in [-0.15, -0.1) is 0 Å². The lowest BCUT2D eigenvalue weighted by Crippen LogP contribution is -2.27. The maximum Gasteiger partial charge on any atom is 0.0355 e. The van der Waals surface area contributed by atoms with Gasteiger partial charge >= 0.3 is 0 Å². The normalized spacial score (nSPS) is 19.4. The molecule has 2 aliphatic heterocycles. The summed E-state index contributed by atoms with van der Waals surface area (Å²) in [6.45, 7) is 1.76. The molecule has 1 N–H and O–H groups in total. The van der Waals surface area contributed by atoms with Crippen LogP contribution in [0.2, 0.25) is 0 Å². The zero-order chi connectivity index (χ0) is 8.93. The van der Waals surface area contributed by atoms with E-state index in [2.05, 4.69) is 27.5 Å². The first kappa shape index (κ1) is 8.38. The second-order valence-corrected chi connectivity index (χ2v) is 3.17. The Balaban J connectivity index is 1.64. The quantitative estimate of drug-likeness (QED) is 0.686. The Morgan fingerprint density at radius 1 is 1.00 bits per heavy atom. The van der Waals surface area contributed by atoms with Gasteiger partial charge < -0.3 is 5.32 Å². The number of nitrogens with zero attached hydrogens (tertiary/aromatic N) is 2. The second kappa shape index (κ2) is 4.14. The fourth-order valence-electron chi connectivity index (χ4n) is 1.39. The minimum atomic E-state index is 0.881. The Bertz CT molecular complexity index is 267. The van der Waals surface area contributed by atoms with Crippen LogP contribution in [0.4, 0.5) is 0 Å². The van der Waals surface area contributed by atoms with Gasteiger partial charge in [-0.25, -0.2) is 0 Å². The van der Waals surface area contributed by atoms with Crippen molar-refractivity contribution < 1.29 is 0 Å². The smallest absolute Gasteiger partial charge is 0.0355 e. The lowest BCUT2D eigenvalue weighted by Gasteiger charge is -2.03. The topological polar surface area (TPSA) is 36.8 Å². The van der Waals surface area contributed by atoms with Crippen molar-refractivity contribution in [1.82, 2.24) is 5.32 Å². The highest BCUT2D eigenvalue weighted by Crippen LogP contribution is 2.00. The molecular weight excluding hydrogens is 162 g/mol. The zero-order valence-corrected chi connectivity index (χ0v) is 7.53. The number of aliphatic imine (C=N–C) groups is 2. The summed E-state index contributed by atoms with van der Waals surface area (Å²) in [5, 5.41) is 3.33. The Morgan fingerprint density at radius 2 is 1.54 bits per heavy atom. The molecule has 2 aliphatic rings. The first-order valence-electron chi connectivity index (χ1n) is 4.57. The Hall–Kier alpha value is -1.22. The molecule has 3 nitrogen and oxygen atoms in total. The molecule has 0 aromatic carbocycles. The highest BCUT2D eigenvalue weighted by atomic mass is 14.9. The average molecular weight is 175 g/mol. The van der Waals surface area contributed by atoms with Crippen molar-refractivity contribution in [2.75, 3.05) is 13.1 Å². The molecule has 0 radical (unpaired) electrons. The van der Waals surface area contributed by atoms with Crippen molar-refractivity contribution in [2.45, 2.75) is 12.8 Å². The summed E-state index contributed by atoms with van der Waals surface area (Å²) in [4.78, 5) is 8.44. The molecule has 0 aromatic rings. The Labute approximate surface area is 78.0 Å². The number of hydrogen-bond donors (Lipinski definition) is 1. The molecule has 0 saturated heterocycles. The van der Waals surface area contributed by atoms with Crippen molar-refractivity contribution in [3.63, 3.8) is 0 Å². The molecule has 0 atom stereocenters. The number of allylic oxidation sites excluding steroid dienone is 2. The molecule has 0 fully saturated rings. The van der Waals surface area contributed by atoms with E-state index in [-0.39, 0.29) is 0 Å². The number of rotatable bonds is 4. The number of hydrogen-bond acceptors (Lipinski definition) is 3. The molecule has 0 amide bonds. The predicted molar refractivity (Wildman–Crippen MR) is 55.3 cm³/mol. The van der Waals surface area contributed by atoms with E-state index >= 15 is 0 Å². The van der Waals surface area contributed by atoms with E-state index in [0.717, 1.165) is 25.9 Å². The predicted octanol–water partition coefficient (Wildman–Crippen LogP) is 1.29. The van der Waals surface area contributed by atoms with Crippen molar-refractivity contribution in [2.24, 2.45) is 9.98 Å². The van der Waals surface area contributed by atoms with Gasteiger partial charge in [-0.3, -0.25) is 9.98 Å². The van der Waals surface area contributed by atoms with Gasteiger partial charge in [-0.05, 0) is 0 Å². The van der Waals surface area contributed by atoms with E-state index in [1.807, 2.05) is 12.4 Å². The van der Waals surface area contributed by atoms with Crippen LogP contribution in [0.5, 0.6) is 0 Å². The maximum atomic E-state index is 4.22. The van der Waals surface area contributed by atoms with E-state index in [1.54, 1.807) is 0 Å². The van der Waals surface area contributed by atoms with Crippen LogP contribution < -0.4 is 5.32 Å². The largest absolute Gasteiger partial charge is 0.306 e. The van der Waals surface area contributed by atoms with Gasteiger partial charge in [-0.1, -0.05) is 12.2 Å². The van der Waals surface area contributed by atoms with Gasteiger partial charge in [0.15, 0.2) is 0 Å². The molecule has 2 heterocycles. The van der Waals surface area contributed by atoms with Crippen LogP contribution in [0.1, 0.15) is 12.8 Å². The van der Waals surface area contributed by atoms with Gasteiger partial charge in [0.2, 0.25) is 0 Å². The molecule has 0 unspecified atom stereocenters. The monoisotopic (exact) mass is 175 g/mol. The SMILES string of the molecule is C1=CN=C(CNCC2=NC=CC2)C1. The molecule has 3 heteroatoms. The molecule has 13 heavy (non-hydrogen) atoms. The summed E-state index contributed by atoms with van der Waals surface area (Å²) < 4.78 is 0. The first-order chi connectivity index (χ1) is 6.45. The van der Waals surface area contributed by atoms with Crippen LogP contribution in [0, 0.1) is 0 Å². The highest BCUT2D eigenvalue weighted by molar-refractivity contribution is 5.92. The lowest BCUT2D eigenvalue weighted by atomic mass is 10.2. The fourth-order valence-corrected chi connectivity index (χ4v) is 1.39. The van der Waals surface area contributed by atoms with Gasteiger partial charge in [0.1, 0.15) is 0 Å². The van der Waals surface area contributed by atoms with Gasteiger partial charge in [-0.2, -0.15) is 0 Å². The zero-order valence-electron chi connectivity index (χ0n) is 7.53. The third-order valence-corrected chi connectivity index (χ3v) is 2.09. The van der Waals surface area contributed by atoms with Gasteiger partial charge in [0.25, 0.3) is 0 Å².